The zero-order chi connectivity index (χ0) is 28.3. The lowest BCUT2D eigenvalue weighted by atomic mass is 10.1. The lowest BCUT2D eigenvalue weighted by Gasteiger charge is -2.07. The number of esters is 4. The van der Waals surface area contributed by atoms with Crippen molar-refractivity contribution in [3.8, 4) is 11.5 Å². The molecule has 0 aliphatic heterocycles. The Labute approximate surface area is 229 Å². The largest absolute Gasteiger partial charge is 0.461 e. The summed E-state index contributed by atoms with van der Waals surface area (Å²) >= 11 is 0. The Bertz CT molecular complexity index is 999. The van der Waals surface area contributed by atoms with Crippen LogP contribution in [0.25, 0.3) is 0 Å². The molecule has 2 rings (SSSR count). The maximum absolute atomic E-state index is 12.1. The van der Waals surface area contributed by atoms with Crippen LogP contribution in [0.2, 0.25) is 0 Å². The Morgan fingerprint density at radius 1 is 0.538 bits per heavy atom. The molecule has 0 N–H and O–H groups in total. The van der Waals surface area contributed by atoms with Gasteiger partial charge >= 0.3 is 23.9 Å². The summed E-state index contributed by atoms with van der Waals surface area (Å²) in [5, 5.41) is 0. The number of carbonyl (C=O) groups is 4. The van der Waals surface area contributed by atoms with Gasteiger partial charge in [-0.1, -0.05) is 56.0 Å². The molecule has 2 aromatic carbocycles. The molecule has 0 unspecified atom stereocenters. The summed E-state index contributed by atoms with van der Waals surface area (Å²) in [4.78, 5) is 47.3. The highest BCUT2D eigenvalue weighted by molar-refractivity contribution is 5.73. The van der Waals surface area contributed by atoms with Crippen LogP contribution < -0.4 is 9.47 Å². The molecule has 0 bridgehead atoms. The van der Waals surface area contributed by atoms with Gasteiger partial charge < -0.3 is 18.9 Å². The summed E-state index contributed by atoms with van der Waals surface area (Å²) < 4.78 is 20.6. The Balaban J connectivity index is 1.57. The number of hydrogen-bond acceptors (Lipinski definition) is 8. The lowest BCUT2D eigenvalue weighted by Crippen LogP contribution is -2.09. The maximum Gasteiger partial charge on any atom is 0.311 e. The Hall–Kier alpha value is -4.20. The average molecular weight is 537 g/mol. The fourth-order valence-corrected chi connectivity index (χ4v) is 3.47. The molecule has 0 saturated heterocycles. The number of unbranched alkanes of at least 4 members (excludes halogenated alkanes) is 2. The number of hydrogen-bond donors (Lipinski definition) is 0. The van der Waals surface area contributed by atoms with E-state index in [2.05, 4.69) is 13.2 Å². The van der Waals surface area contributed by atoms with E-state index in [1.54, 1.807) is 24.3 Å². The van der Waals surface area contributed by atoms with Crippen molar-refractivity contribution in [3.63, 3.8) is 0 Å². The molecule has 2 aromatic rings. The van der Waals surface area contributed by atoms with E-state index >= 15 is 0 Å². The van der Waals surface area contributed by atoms with Crippen molar-refractivity contribution in [1.29, 1.82) is 0 Å². The van der Waals surface area contributed by atoms with Crippen LogP contribution in [0.1, 0.15) is 56.1 Å². The summed E-state index contributed by atoms with van der Waals surface area (Å²) in [7, 11) is 0. The molecular weight excluding hydrogens is 500 g/mol. The third kappa shape index (κ3) is 13.8. The number of ether oxygens (including phenoxy) is 4. The maximum atomic E-state index is 12.1. The Kier molecular flexibility index (Phi) is 14.4. The average Bonchev–Trinajstić information content (AvgIpc) is 2.94. The van der Waals surface area contributed by atoms with Gasteiger partial charge in [-0.2, -0.15) is 0 Å². The number of aryl methyl sites for hydroxylation is 2. The molecule has 0 heterocycles. The zero-order valence-electron chi connectivity index (χ0n) is 22.2. The molecule has 39 heavy (non-hydrogen) atoms. The fourth-order valence-electron chi connectivity index (χ4n) is 3.47. The summed E-state index contributed by atoms with van der Waals surface area (Å²) in [5.74, 6) is -0.366. The second-order valence-electron chi connectivity index (χ2n) is 8.74. The van der Waals surface area contributed by atoms with E-state index in [4.69, 9.17) is 18.9 Å². The predicted molar refractivity (Wildman–Crippen MR) is 146 cm³/mol. The van der Waals surface area contributed by atoms with Gasteiger partial charge in [0, 0.05) is 25.7 Å². The second kappa shape index (κ2) is 18.1. The van der Waals surface area contributed by atoms with Crippen molar-refractivity contribution >= 4 is 23.9 Å². The van der Waals surface area contributed by atoms with Crippen molar-refractivity contribution in [1.82, 2.24) is 0 Å². The standard InChI is InChI=1S/C31H36O8/c1-3-22-36-28(32)20-14-24-10-16-26(17-11-24)38-30(34)8-6-5-7-9-31(35)39-27-18-12-25(13-19-27)15-21-29(33)37-23-4-2/h3-4,10-13,16-19H,1-2,5-9,14-15,20-23H2. The van der Waals surface area contributed by atoms with Gasteiger partial charge in [0.25, 0.3) is 0 Å². The zero-order valence-corrected chi connectivity index (χ0v) is 22.2. The molecule has 0 fully saturated rings. The first-order chi connectivity index (χ1) is 18.9. The minimum absolute atomic E-state index is 0.201. The SMILES string of the molecule is C=CCOC(=O)CCc1ccc(OC(=O)CCCCCC(=O)Oc2ccc(CCC(=O)OCC=C)cc2)cc1. The van der Waals surface area contributed by atoms with Crippen LogP contribution in [0.15, 0.2) is 73.8 Å². The van der Waals surface area contributed by atoms with E-state index in [0.29, 0.717) is 43.6 Å². The highest BCUT2D eigenvalue weighted by Crippen LogP contribution is 2.17. The molecule has 0 aliphatic carbocycles. The van der Waals surface area contributed by atoms with Gasteiger partial charge in [-0.05, 0) is 61.1 Å². The molecule has 8 nitrogen and oxygen atoms in total. The molecule has 0 radical (unpaired) electrons. The summed E-state index contributed by atoms with van der Waals surface area (Å²) in [6.45, 7) is 7.40. The van der Waals surface area contributed by atoms with Gasteiger partial charge in [-0.3, -0.25) is 19.2 Å². The minimum atomic E-state index is -0.340. The predicted octanol–water partition coefficient (Wildman–Crippen LogP) is 5.47. The lowest BCUT2D eigenvalue weighted by molar-refractivity contribution is -0.143. The van der Waals surface area contributed by atoms with E-state index < -0.39 is 0 Å². The topological polar surface area (TPSA) is 105 Å². The van der Waals surface area contributed by atoms with Crippen molar-refractivity contribution in [3.05, 3.63) is 85.0 Å². The molecule has 0 aliphatic rings. The highest BCUT2D eigenvalue weighted by atomic mass is 16.5. The van der Waals surface area contributed by atoms with Crippen molar-refractivity contribution in [2.24, 2.45) is 0 Å². The molecule has 0 atom stereocenters. The quantitative estimate of drug-likeness (QED) is 0.107. The van der Waals surface area contributed by atoms with E-state index in [0.717, 1.165) is 11.1 Å². The number of rotatable bonds is 18. The van der Waals surface area contributed by atoms with Gasteiger partial charge in [0.05, 0.1) is 0 Å². The first kappa shape index (κ1) is 31.0. The van der Waals surface area contributed by atoms with Gasteiger partial charge in [0.15, 0.2) is 0 Å². The second-order valence-corrected chi connectivity index (χ2v) is 8.74. The first-order valence-corrected chi connectivity index (χ1v) is 13.0. The molecule has 0 amide bonds. The summed E-state index contributed by atoms with van der Waals surface area (Å²) in [5.41, 5.74) is 1.88. The van der Waals surface area contributed by atoms with Crippen LogP contribution in [0.4, 0.5) is 0 Å². The number of carbonyl (C=O) groups excluding carboxylic acids is 4. The van der Waals surface area contributed by atoms with Crippen LogP contribution in [0, 0.1) is 0 Å². The minimum Gasteiger partial charge on any atom is -0.461 e. The van der Waals surface area contributed by atoms with E-state index in [-0.39, 0.29) is 62.8 Å². The van der Waals surface area contributed by atoms with Crippen molar-refractivity contribution < 1.29 is 38.1 Å². The van der Waals surface area contributed by atoms with Crippen LogP contribution in [-0.2, 0) is 41.5 Å². The third-order valence-corrected chi connectivity index (χ3v) is 5.53. The molecule has 8 heteroatoms. The molecule has 0 spiro atoms. The van der Waals surface area contributed by atoms with Crippen LogP contribution in [-0.4, -0.2) is 37.1 Å². The van der Waals surface area contributed by atoms with Gasteiger partial charge in [0.1, 0.15) is 24.7 Å². The molecule has 0 aromatic heterocycles. The first-order valence-electron chi connectivity index (χ1n) is 13.0. The Morgan fingerprint density at radius 2 is 0.923 bits per heavy atom. The third-order valence-electron chi connectivity index (χ3n) is 5.53. The normalized spacial score (nSPS) is 10.3. The molecule has 0 saturated carbocycles. The Morgan fingerprint density at radius 3 is 1.28 bits per heavy atom. The van der Waals surface area contributed by atoms with Crippen LogP contribution in [0.3, 0.4) is 0 Å². The highest BCUT2D eigenvalue weighted by Gasteiger charge is 2.09. The van der Waals surface area contributed by atoms with E-state index in [1.807, 2.05) is 24.3 Å². The van der Waals surface area contributed by atoms with Crippen LogP contribution in [0.5, 0.6) is 11.5 Å². The van der Waals surface area contributed by atoms with Crippen molar-refractivity contribution in [2.45, 2.75) is 57.8 Å². The smallest absolute Gasteiger partial charge is 0.311 e. The van der Waals surface area contributed by atoms with E-state index in [9.17, 15) is 19.2 Å². The number of benzene rings is 2. The fraction of sp³-hybridized carbons (Fsp3) is 0.355. The van der Waals surface area contributed by atoms with Crippen molar-refractivity contribution in [2.75, 3.05) is 13.2 Å². The van der Waals surface area contributed by atoms with Gasteiger partial charge in [-0.25, -0.2) is 0 Å². The molecule has 208 valence electrons. The van der Waals surface area contributed by atoms with Crippen LogP contribution >= 0.6 is 0 Å². The van der Waals surface area contributed by atoms with Gasteiger partial charge in [-0.15, -0.1) is 0 Å². The van der Waals surface area contributed by atoms with Gasteiger partial charge in [0.2, 0.25) is 0 Å². The summed E-state index contributed by atoms with van der Waals surface area (Å²) in [6.07, 6.45) is 7.02. The molecular formula is C31H36O8. The monoisotopic (exact) mass is 536 g/mol. The summed E-state index contributed by atoms with van der Waals surface area (Å²) in [6, 6.07) is 14.0. The van der Waals surface area contributed by atoms with E-state index in [1.165, 1.54) is 12.2 Å².